The Morgan fingerprint density at radius 2 is 2.28 bits per heavy atom. The van der Waals surface area contributed by atoms with Crippen molar-refractivity contribution < 1.29 is 4.74 Å². The second-order valence-electron chi connectivity index (χ2n) is 5.01. The maximum atomic E-state index is 5.81. The van der Waals surface area contributed by atoms with Gasteiger partial charge in [0.2, 0.25) is 5.95 Å². The lowest BCUT2D eigenvalue weighted by atomic mass is 9.95. The van der Waals surface area contributed by atoms with Crippen molar-refractivity contribution in [2.45, 2.75) is 13.8 Å². The van der Waals surface area contributed by atoms with Crippen LogP contribution in [0.15, 0.2) is 12.4 Å². The zero-order valence-electron chi connectivity index (χ0n) is 10.8. The standard InChI is InChI=1S/C11H18N6O/c1-11(2,6-18-3)5-13-8-4-9-16-14-7-17(9)10(12)15-8/h4,7,13H,5-6H2,1-3H3,(H2,12,15). The highest BCUT2D eigenvalue weighted by Crippen LogP contribution is 2.17. The van der Waals surface area contributed by atoms with Crippen molar-refractivity contribution in [3.63, 3.8) is 0 Å². The summed E-state index contributed by atoms with van der Waals surface area (Å²) in [4.78, 5) is 4.25. The molecular formula is C11H18N6O. The molecule has 0 saturated heterocycles. The van der Waals surface area contributed by atoms with E-state index < -0.39 is 0 Å². The number of hydrogen-bond donors (Lipinski definition) is 2. The highest BCUT2D eigenvalue weighted by atomic mass is 16.5. The van der Waals surface area contributed by atoms with E-state index >= 15 is 0 Å². The van der Waals surface area contributed by atoms with Gasteiger partial charge in [0.25, 0.3) is 0 Å². The van der Waals surface area contributed by atoms with Crippen molar-refractivity contribution in [1.29, 1.82) is 0 Å². The fraction of sp³-hybridized carbons (Fsp3) is 0.545. The lowest BCUT2D eigenvalue weighted by Crippen LogP contribution is -2.28. The summed E-state index contributed by atoms with van der Waals surface area (Å²) in [6.07, 6.45) is 1.54. The number of nitrogens with zero attached hydrogens (tertiary/aromatic N) is 4. The van der Waals surface area contributed by atoms with Crippen molar-refractivity contribution in [1.82, 2.24) is 19.6 Å². The van der Waals surface area contributed by atoms with Crippen LogP contribution in [0.25, 0.3) is 5.65 Å². The van der Waals surface area contributed by atoms with Crippen molar-refractivity contribution in [3.05, 3.63) is 12.4 Å². The van der Waals surface area contributed by atoms with E-state index in [9.17, 15) is 0 Å². The van der Waals surface area contributed by atoms with Gasteiger partial charge in [-0.1, -0.05) is 13.8 Å². The first-order valence-corrected chi connectivity index (χ1v) is 5.71. The van der Waals surface area contributed by atoms with E-state index in [-0.39, 0.29) is 5.41 Å². The summed E-state index contributed by atoms with van der Waals surface area (Å²) in [5.41, 5.74) is 6.50. The van der Waals surface area contributed by atoms with Gasteiger partial charge in [0.15, 0.2) is 5.65 Å². The van der Waals surface area contributed by atoms with Crippen LogP contribution in [0.1, 0.15) is 13.8 Å². The molecule has 0 saturated carbocycles. The SMILES string of the molecule is COCC(C)(C)CNc1cc2nncn2c(N)n1. The molecule has 2 rings (SSSR count). The van der Waals surface area contributed by atoms with Gasteiger partial charge in [-0.05, 0) is 0 Å². The molecule has 0 aliphatic rings. The highest BCUT2D eigenvalue weighted by molar-refractivity contribution is 5.53. The molecule has 3 N–H and O–H groups in total. The van der Waals surface area contributed by atoms with E-state index in [0.717, 1.165) is 6.54 Å². The molecule has 0 amide bonds. The summed E-state index contributed by atoms with van der Waals surface area (Å²) >= 11 is 0. The molecule has 7 heteroatoms. The lowest BCUT2D eigenvalue weighted by Gasteiger charge is -2.24. The molecule has 0 spiro atoms. The number of aromatic nitrogens is 4. The van der Waals surface area contributed by atoms with Gasteiger partial charge in [0, 0.05) is 25.1 Å². The van der Waals surface area contributed by atoms with Crippen molar-refractivity contribution in [3.8, 4) is 0 Å². The normalized spacial score (nSPS) is 11.9. The quantitative estimate of drug-likeness (QED) is 0.815. The predicted molar refractivity (Wildman–Crippen MR) is 69.3 cm³/mol. The molecule has 0 bridgehead atoms. The Labute approximate surface area is 105 Å². The average Bonchev–Trinajstić information content (AvgIpc) is 2.75. The van der Waals surface area contributed by atoms with E-state index in [1.54, 1.807) is 11.5 Å². The Bertz CT molecular complexity index is 535. The summed E-state index contributed by atoms with van der Waals surface area (Å²) in [6.45, 7) is 5.63. The largest absolute Gasteiger partial charge is 0.384 e. The zero-order chi connectivity index (χ0) is 13.2. The van der Waals surface area contributed by atoms with Crippen molar-refractivity contribution in [2.75, 3.05) is 31.3 Å². The van der Waals surface area contributed by atoms with Crippen LogP contribution >= 0.6 is 0 Å². The summed E-state index contributed by atoms with van der Waals surface area (Å²) in [6, 6.07) is 1.81. The molecule has 0 unspecified atom stereocenters. The summed E-state index contributed by atoms with van der Waals surface area (Å²) in [5, 5.41) is 11.0. The summed E-state index contributed by atoms with van der Waals surface area (Å²) in [7, 11) is 1.69. The zero-order valence-corrected chi connectivity index (χ0v) is 10.8. The van der Waals surface area contributed by atoms with E-state index in [2.05, 4.69) is 34.3 Å². The molecule has 0 radical (unpaired) electrons. The fourth-order valence-corrected chi connectivity index (χ4v) is 1.71. The molecule has 0 aliphatic carbocycles. The Balaban J connectivity index is 2.12. The van der Waals surface area contributed by atoms with Crippen LogP contribution in [-0.2, 0) is 4.74 Å². The minimum Gasteiger partial charge on any atom is -0.384 e. The van der Waals surface area contributed by atoms with Crippen LogP contribution in [0.3, 0.4) is 0 Å². The first kappa shape index (κ1) is 12.6. The number of nitrogens with one attached hydrogen (secondary N) is 1. The second-order valence-corrected chi connectivity index (χ2v) is 5.01. The lowest BCUT2D eigenvalue weighted by molar-refractivity contribution is 0.112. The molecule has 0 fully saturated rings. The van der Waals surface area contributed by atoms with E-state index in [0.29, 0.717) is 24.0 Å². The van der Waals surface area contributed by atoms with Gasteiger partial charge in [-0.15, -0.1) is 10.2 Å². The van der Waals surface area contributed by atoms with Gasteiger partial charge >= 0.3 is 0 Å². The third-order valence-corrected chi connectivity index (χ3v) is 2.60. The monoisotopic (exact) mass is 250 g/mol. The molecule has 2 aromatic heterocycles. The van der Waals surface area contributed by atoms with Gasteiger partial charge < -0.3 is 15.8 Å². The minimum absolute atomic E-state index is 0.0188. The van der Waals surface area contributed by atoms with Gasteiger partial charge in [-0.3, -0.25) is 4.40 Å². The van der Waals surface area contributed by atoms with Crippen LogP contribution in [-0.4, -0.2) is 39.8 Å². The van der Waals surface area contributed by atoms with Crippen LogP contribution in [0.2, 0.25) is 0 Å². The van der Waals surface area contributed by atoms with E-state index in [4.69, 9.17) is 10.5 Å². The van der Waals surface area contributed by atoms with E-state index in [1.165, 1.54) is 6.33 Å². The van der Waals surface area contributed by atoms with Crippen molar-refractivity contribution in [2.24, 2.45) is 5.41 Å². The minimum atomic E-state index is 0.0188. The summed E-state index contributed by atoms with van der Waals surface area (Å²) in [5.74, 6) is 1.06. The molecule has 7 nitrogen and oxygen atoms in total. The highest BCUT2D eigenvalue weighted by Gasteiger charge is 2.17. The first-order chi connectivity index (χ1) is 8.52. The number of fused-ring (bicyclic) bond motifs is 1. The first-order valence-electron chi connectivity index (χ1n) is 5.71. The molecule has 0 aromatic carbocycles. The molecular weight excluding hydrogens is 232 g/mol. The van der Waals surface area contributed by atoms with Crippen LogP contribution < -0.4 is 11.1 Å². The fourth-order valence-electron chi connectivity index (χ4n) is 1.71. The Morgan fingerprint density at radius 3 is 3.00 bits per heavy atom. The smallest absolute Gasteiger partial charge is 0.209 e. The van der Waals surface area contributed by atoms with Gasteiger partial charge in [0.1, 0.15) is 12.1 Å². The third-order valence-electron chi connectivity index (χ3n) is 2.60. The number of ether oxygens (including phenoxy) is 1. The van der Waals surface area contributed by atoms with Gasteiger partial charge in [-0.25, -0.2) is 0 Å². The Kier molecular flexibility index (Phi) is 3.33. The maximum absolute atomic E-state index is 5.81. The molecule has 0 aliphatic heterocycles. The molecule has 2 heterocycles. The molecule has 18 heavy (non-hydrogen) atoms. The topological polar surface area (TPSA) is 90.4 Å². The third kappa shape index (κ3) is 2.67. The maximum Gasteiger partial charge on any atom is 0.209 e. The van der Waals surface area contributed by atoms with E-state index in [1.807, 2.05) is 6.07 Å². The molecule has 0 atom stereocenters. The number of nitrogens with two attached hydrogens (primary N) is 1. The molecule has 98 valence electrons. The average molecular weight is 250 g/mol. The van der Waals surface area contributed by atoms with Crippen LogP contribution in [0.4, 0.5) is 11.8 Å². The van der Waals surface area contributed by atoms with Crippen LogP contribution in [0, 0.1) is 5.41 Å². The Hall–Kier alpha value is -1.89. The number of anilines is 2. The molecule has 2 aromatic rings. The number of methoxy groups -OCH3 is 1. The second kappa shape index (κ2) is 4.77. The van der Waals surface area contributed by atoms with Crippen LogP contribution in [0.5, 0.6) is 0 Å². The number of rotatable bonds is 5. The van der Waals surface area contributed by atoms with Crippen molar-refractivity contribution >= 4 is 17.4 Å². The summed E-state index contributed by atoms with van der Waals surface area (Å²) < 4.78 is 6.80. The van der Waals surface area contributed by atoms with Gasteiger partial charge in [0.05, 0.1) is 6.61 Å². The van der Waals surface area contributed by atoms with Gasteiger partial charge in [-0.2, -0.15) is 4.98 Å². The Morgan fingerprint density at radius 1 is 1.50 bits per heavy atom. The number of nitrogen functional groups attached to an aromatic ring is 1. The number of hydrogen-bond acceptors (Lipinski definition) is 6. The predicted octanol–water partition coefficient (Wildman–Crippen LogP) is 0.791.